The molecule has 1 atom stereocenters. The molecule has 1 aliphatic heterocycles. The lowest BCUT2D eigenvalue weighted by Gasteiger charge is -2.29. The van der Waals surface area contributed by atoms with E-state index in [1.165, 1.54) is 81.2 Å². The molecule has 28 heavy (non-hydrogen) atoms. The molecule has 0 aromatic heterocycles. The van der Waals surface area contributed by atoms with Gasteiger partial charge in [0.2, 0.25) is 0 Å². The van der Waals surface area contributed by atoms with E-state index in [4.69, 9.17) is 0 Å². The first kappa shape index (κ1) is 22.9. The second kappa shape index (κ2) is 11.6. The molecule has 1 unspecified atom stereocenters. The van der Waals surface area contributed by atoms with Gasteiger partial charge >= 0.3 is 0 Å². The SMILES string of the molecule is C=C/C(=C\CCCC)Cc1ccccc1CCC(C)N1CCCC(C)(C)CC1. The van der Waals surface area contributed by atoms with Gasteiger partial charge in [-0.3, -0.25) is 0 Å². The van der Waals surface area contributed by atoms with Crippen molar-refractivity contribution in [1.29, 1.82) is 0 Å². The molecule has 1 heteroatoms. The van der Waals surface area contributed by atoms with E-state index in [1.807, 2.05) is 6.08 Å². The second-order valence-corrected chi connectivity index (χ2v) is 9.51. The van der Waals surface area contributed by atoms with Gasteiger partial charge in [0.1, 0.15) is 0 Å². The van der Waals surface area contributed by atoms with Crippen LogP contribution in [0.3, 0.4) is 0 Å². The number of benzene rings is 1. The number of likely N-dealkylation sites (tertiary alicyclic amines) is 1. The molecule has 156 valence electrons. The van der Waals surface area contributed by atoms with E-state index in [1.54, 1.807) is 0 Å². The highest BCUT2D eigenvalue weighted by Gasteiger charge is 2.25. The van der Waals surface area contributed by atoms with Gasteiger partial charge in [0.25, 0.3) is 0 Å². The van der Waals surface area contributed by atoms with Crippen molar-refractivity contribution in [1.82, 2.24) is 4.90 Å². The van der Waals surface area contributed by atoms with Crippen molar-refractivity contribution >= 4 is 0 Å². The van der Waals surface area contributed by atoms with E-state index in [2.05, 4.69) is 69.5 Å². The summed E-state index contributed by atoms with van der Waals surface area (Å²) in [5, 5.41) is 0. The lowest BCUT2D eigenvalue weighted by atomic mass is 9.85. The number of hydrogen-bond acceptors (Lipinski definition) is 1. The van der Waals surface area contributed by atoms with E-state index >= 15 is 0 Å². The number of nitrogens with zero attached hydrogens (tertiary/aromatic N) is 1. The summed E-state index contributed by atoms with van der Waals surface area (Å²) in [4.78, 5) is 2.73. The molecule has 0 N–H and O–H groups in total. The Morgan fingerprint density at radius 2 is 1.93 bits per heavy atom. The Bertz CT molecular complexity index is 625. The number of allylic oxidation sites excluding steroid dienone is 3. The van der Waals surface area contributed by atoms with Crippen molar-refractivity contribution in [2.24, 2.45) is 5.41 Å². The summed E-state index contributed by atoms with van der Waals surface area (Å²) < 4.78 is 0. The quantitative estimate of drug-likeness (QED) is 0.302. The third kappa shape index (κ3) is 7.59. The fourth-order valence-corrected chi connectivity index (χ4v) is 4.34. The summed E-state index contributed by atoms with van der Waals surface area (Å²) in [6.45, 7) is 16.1. The van der Waals surface area contributed by atoms with Crippen LogP contribution in [0.2, 0.25) is 0 Å². The zero-order chi connectivity index (χ0) is 20.4. The van der Waals surface area contributed by atoms with Crippen LogP contribution >= 0.6 is 0 Å². The molecule has 0 amide bonds. The van der Waals surface area contributed by atoms with Crippen molar-refractivity contribution in [3.05, 3.63) is 59.7 Å². The van der Waals surface area contributed by atoms with Crippen LogP contribution in [0.25, 0.3) is 0 Å². The topological polar surface area (TPSA) is 3.24 Å². The van der Waals surface area contributed by atoms with Crippen LogP contribution < -0.4 is 0 Å². The molecular weight excluding hydrogens is 338 g/mol. The van der Waals surface area contributed by atoms with Crippen LogP contribution in [-0.4, -0.2) is 24.0 Å². The molecule has 1 fully saturated rings. The molecule has 0 saturated carbocycles. The summed E-state index contributed by atoms with van der Waals surface area (Å²) in [6.07, 6.45) is 15.6. The molecule has 1 saturated heterocycles. The van der Waals surface area contributed by atoms with Crippen LogP contribution in [0.4, 0.5) is 0 Å². The number of rotatable bonds is 10. The molecule has 1 heterocycles. The first-order valence-corrected chi connectivity index (χ1v) is 11.6. The molecular formula is C27H43N. The summed E-state index contributed by atoms with van der Waals surface area (Å²) in [7, 11) is 0. The lowest BCUT2D eigenvalue weighted by Crippen LogP contribution is -2.34. The number of aryl methyl sites for hydroxylation is 1. The van der Waals surface area contributed by atoms with Gasteiger partial charge in [-0.1, -0.05) is 76.6 Å². The van der Waals surface area contributed by atoms with Gasteiger partial charge in [-0.15, -0.1) is 0 Å². The summed E-state index contributed by atoms with van der Waals surface area (Å²) in [6, 6.07) is 9.70. The molecule has 1 aromatic carbocycles. The van der Waals surface area contributed by atoms with Crippen molar-refractivity contribution in [3.63, 3.8) is 0 Å². The molecule has 0 spiro atoms. The first-order chi connectivity index (χ1) is 13.4. The zero-order valence-electron chi connectivity index (χ0n) is 19.0. The van der Waals surface area contributed by atoms with Gasteiger partial charge in [-0.2, -0.15) is 0 Å². The molecule has 1 aliphatic rings. The van der Waals surface area contributed by atoms with E-state index < -0.39 is 0 Å². The largest absolute Gasteiger partial charge is 0.301 e. The zero-order valence-corrected chi connectivity index (χ0v) is 19.0. The first-order valence-electron chi connectivity index (χ1n) is 11.6. The molecule has 1 aromatic rings. The van der Waals surface area contributed by atoms with Gasteiger partial charge in [0.15, 0.2) is 0 Å². The van der Waals surface area contributed by atoms with Gasteiger partial charge in [0, 0.05) is 6.04 Å². The van der Waals surface area contributed by atoms with Gasteiger partial charge < -0.3 is 4.90 Å². The van der Waals surface area contributed by atoms with Crippen molar-refractivity contribution in [2.75, 3.05) is 13.1 Å². The van der Waals surface area contributed by atoms with E-state index in [0.717, 1.165) is 6.42 Å². The lowest BCUT2D eigenvalue weighted by molar-refractivity contribution is 0.198. The second-order valence-electron chi connectivity index (χ2n) is 9.51. The number of unbranched alkanes of at least 4 members (excludes halogenated alkanes) is 2. The Labute approximate surface area is 174 Å². The fraction of sp³-hybridized carbons (Fsp3) is 0.630. The Morgan fingerprint density at radius 1 is 1.18 bits per heavy atom. The summed E-state index contributed by atoms with van der Waals surface area (Å²) in [5.74, 6) is 0. The maximum atomic E-state index is 4.05. The van der Waals surface area contributed by atoms with E-state index in [0.29, 0.717) is 11.5 Å². The fourth-order valence-electron chi connectivity index (χ4n) is 4.34. The molecule has 1 nitrogen and oxygen atoms in total. The monoisotopic (exact) mass is 381 g/mol. The minimum absolute atomic E-state index is 0.520. The Morgan fingerprint density at radius 3 is 2.64 bits per heavy atom. The highest BCUT2D eigenvalue weighted by Crippen LogP contribution is 2.31. The van der Waals surface area contributed by atoms with Crippen molar-refractivity contribution < 1.29 is 0 Å². The van der Waals surface area contributed by atoms with Gasteiger partial charge in [-0.05, 0) is 87.1 Å². The Hall–Kier alpha value is -1.34. The highest BCUT2D eigenvalue weighted by atomic mass is 15.1. The van der Waals surface area contributed by atoms with E-state index in [9.17, 15) is 0 Å². The van der Waals surface area contributed by atoms with Crippen LogP contribution in [0.1, 0.15) is 83.8 Å². The highest BCUT2D eigenvalue weighted by molar-refractivity contribution is 5.34. The van der Waals surface area contributed by atoms with E-state index in [-0.39, 0.29) is 0 Å². The normalized spacial score (nSPS) is 19.2. The van der Waals surface area contributed by atoms with Crippen molar-refractivity contribution in [3.8, 4) is 0 Å². The molecule has 0 bridgehead atoms. The Balaban J connectivity index is 1.95. The smallest absolute Gasteiger partial charge is 0.00700 e. The molecule has 0 aliphatic carbocycles. The standard InChI is InChI=1S/C27H43N/c1-6-8-9-13-24(7-2)22-26-15-11-10-14-25(26)17-16-23(3)28-20-12-18-27(4,5)19-21-28/h7,10-11,13-15,23H,2,6,8-9,12,16-22H2,1,3-5H3/b24-13+. The predicted octanol–water partition coefficient (Wildman–Crippen LogP) is 7.36. The van der Waals surface area contributed by atoms with Gasteiger partial charge in [0.05, 0.1) is 0 Å². The average molecular weight is 382 g/mol. The predicted molar refractivity (Wildman–Crippen MR) is 125 cm³/mol. The minimum atomic E-state index is 0.520. The Kier molecular flexibility index (Phi) is 9.51. The summed E-state index contributed by atoms with van der Waals surface area (Å²) >= 11 is 0. The molecule has 2 rings (SSSR count). The van der Waals surface area contributed by atoms with Crippen LogP contribution in [-0.2, 0) is 12.8 Å². The summed E-state index contributed by atoms with van der Waals surface area (Å²) in [5.41, 5.74) is 4.90. The third-order valence-corrected chi connectivity index (χ3v) is 6.57. The third-order valence-electron chi connectivity index (χ3n) is 6.57. The van der Waals surface area contributed by atoms with Crippen LogP contribution in [0.15, 0.2) is 48.6 Å². The van der Waals surface area contributed by atoms with Crippen molar-refractivity contribution in [2.45, 2.75) is 91.5 Å². The van der Waals surface area contributed by atoms with Crippen LogP contribution in [0, 0.1) is 5.41 Å². The minimum Gasteiger partial charge on any atom is -0.301 e. The van der Waals surface area contributed by atoms with Gasteiger partial charge in [-0.25, -0.2) is 0 Å². The number of hydrogen-bond donors (Lipinski definition) is 0. The molecule has 0 radical (unpaired) electrons. The average Bonchev–Trinajstić information content (AvgIpc) is 2.86. The maximum absolute atomic E-state index is 4.05. The van der Waals surface area contributed by atoms with Crippen LogP contribution in [0.5, 0.6) is 0 Å². The maximum Gasteiger partial charge on any atom is 0.00700 e.